The number of nitro groups is 2. The summed E-state index contributed by atoms with van der Waals surface area (Å²) in [5, 5.41) is 41.4. The van der Waals surface area contributed by atoms with E-state index in [1.165, 1.54) is 24.5 Å². The Morgan fingerprint density at radius 3 is 1.55 bits per heavy atom. The summed E-state index contributed by atoms with van der Waals surface area (Å²) in [5.74, 6) is -0.509. The number of nitro benzene ring substituents is 2. The van der Waals surface area contributed by atoms with Crippen molar-refractivity contribution in [3.63, 3.8) is 0 Å². The lowest BCUT2D eigenvalue weighted by molar-refractivity contribution is -0.388. The van der Waals surface area contributed by atoms with Crippen LogP contribution in [0.3, 0.4) is 0 Å². The molecular formula is C24H18N10O11S2. The summed E-state index contributed by atoms with van der Waals surface area (Å²) in [6, 6.07) is 8.39. The van der Waals surface area contributed by atoms with E-state index in [0.29, 0.717) is 0 Å². The zero-order valence-corrected chi connectivity index (χ0v) is 25.0. The highest BCUT2D eigenvalue weighted by Crippen LogP contribution is 2.29. The van der Waals surface area contributed by atoms with Gasteiger partial charge in [-0.05, 0) is 43.3 Å². The summed E-state index contributed by atoms with van der Waals surface area (Å²) in [7, 11) is -9.81. The number of rotatable bonds is 10. The number of hydrogen-bond donors (Lipinski definition) is 3. The summed E-state index contributed by atoms with van der Waals surface area (Å²) < 4.78 is 67.0. The fourth-order valence-corrected chi connectivity index (χ4v) is 5.50. The van der Waals surface area contributed by atoms with Gasteiger partial charge >= 0.3 is 20.2 Å². The quantitative estimate of drug-likeness (QED) is 0.107. The van der Waals surface area contributed by atoms with Crippen LogP contribution in [-0.4, -0.2) is 83.2 Å². The molecule has 2 aromatic carbocycles. The molecule has 5 rings (SSSR count). The molecule has 0 saturated carbocycles. The molecule has 3 aromatic heterocycles. The van der Waals surface area contributed by atoms with Crippen LogP contribution in [0.4, 0.5) is 11.4 Å². The highest BCUT2D eigenvalue weighted by molar-refractivity contribution is 7.86. The van der Waals surface area contributed by atoms with Crippen LogP contribution in [0.2, 0.25) is 0 Å². The van der Waals surface area contributed by atoms with E-state index in [9.17, 15) is 51.0 Å². The third-order valence-corrected chi connectivity index (χ3v) is 8.10. The average Bonchev–Trinajstić information content (AvgIpc) is 3.71. The number of amides is 1. The Balaban J connectivity index is 1.57. The van der Waals surface area contributed by atoms with Gasteiger partial charge in [0.15, 0.2) is 9.79 Å². The van der Waals surface area contributed by atoms with Crippen molar-refractivity contribution >= 4 is 37.5 Å². The maximum atomic E-state index is 12.8. The van der Waals surface area contributed by atoms with Crippen LogP contribution in [0.5, 0.6) is 0 Å². The molecule has 0 aliphatic carbocycles. The molecule has 0 bridgehead atoms. The van der Waals surface area contributed by atoms with Gasteiger partial charge in [-0.25, -0.2) is 14.3 Å². The van der Waals surface area contributed by atoms with Crippen molar-refractivity contribution in [2.75, 3.05) is 6.54 Å². The first-order chi connectivity index (χ1) is 22.1. The second kappa shape index (κ2) is 12.0. The lowest BCUT2D eigenvalue weighted by atomic mass is 10.1. The standard InChI is InChI=1S/C24H18N10O11S2/c1-2-25-24(35)13-7-16(18-11-31(29-27-18)14-3-5-22(46(40,41)42)20(9-14)33(36)37)26-17(8-13)19-12-32(30-28-19)15-4-6-23(47(43,44)45)21(10-15)34(38)39/h3-12H,2H2,1H3,(H,25,35)(H,40,41,42)(H,43,44,45). The van der Waals surface area contributed by atoms with Crippen LogP contribution < -0.4 is 5.32 Å². The summed E-state index contributed by atoms with van der Waals surface area (Å²) >= 11 is 0. The molecule has 0 radical (unpaired) electrons. The first-order valence-corrected chi connectivity index (χ1v) is 15.6. The van der Waals surface area contributed by atoms with Crippen molar-refractivity contribution < 1.29 is 40.6 Å². The first kappa shape index (κ1) is 32.4. The number of nitrogens with zero attached hydrogens (tertiary/aromatic N) is 9. The van der Waals surface area contributed by atoms with Gasteiger partial charge < -0.3 is 5.32 Å². The minimum Gasteiger partial charge on any atom is -0.352 e. The summed E-state index contributed by atoms with van der Waals surface area (Å²) in [5.41, 5.74) is -1.48. The Kier molecular flexibility index (Phi) is 8.29. The molecule has 47 heavy (non-hydrogen) atoms. The highest BCUT2D eigenvalue weighted by Gasteiger charge is 2.27. The van der Waals surface area contributed by atoms with Crippen LogP contribution in [0.15, 0.2) is 70.7 Å². The number of benzene rings is 2. The van der Waals surface area contributed by atoms with Crippen LogP contribution in [0, 0.1) is 20.2 Å². The second-order valence-corrected chi connectivity index (χ2v) is 12.1. The van der Waals surface area contributed by atoms with Crippen molar-refractivity contribution in [2.24, 2.45) is 0 Å². The van der Waals surface area contributed by atoms with Crippen molar-refractivity contribution in [1.82, 2.24) is 40.3 Å². The number of carbonyl (C=O) groups excluding carboxylic acids is 1. The van der Waals surface area contributed by atoms with Gasteiger partial charge in [-0.15, -0.1) is 10.2 Å². The number of aromatic nitrogens is 7. The normalized spacial score (nSPS) is 11.7. The van der Waals surface area contributed by atoms with Crippen molar-refractivity contribution in [1.29, 1.82) is 0 Å². The Hall–Kier alpha value is -6.04. The molecule has 1 amide bonds. The third-order valence-electron chi connectivity index (χ3n) is 6.30. The second-order valence-electron chi connectivity index (χ2n) is 9.35. The maximum Gasteiger partial charge on any atom is 0.301 e. The van der Waals surface area contributed by atoms with E-state index in [1.54, 1.807) is 6.92 Å². The van der Waals surface area contributed by atoms with E-state index < -0.39 is 57.2 Å². The van der Waals surface area contributed by atoms with Crippen molar-refractivity contribution in [3.8, 4) is 34.2 Å². The van der Waals surface area contributed by atoms with Gasteiger partial charge in [0.25, 0.3) is 17.3 Å². The van der Waals surface area contributed by atoms with E-state index in [1.807, 2.05) is 0 Å². The number of nitrogens with one attached hydrogen (secondary N) is 1. The SMILES string of the molecule is CCNC(=O)c1cc(-c2cn(-c3ccc(S(=O)(=O)O)c([N+](=O)[O-])c3)nn2)nc(-c2cn(-c3ccc(S(=O)(=O)O)c([N+](=O)[O-])c3)nn2)c1. The van der Waals surface area contributed by atoms with Gasteiger partial charge in [0.2, 0.25) is 0 Å². The molecule has 0 spiro atoms. The molecule has 0 aliphatic heterocycles. The summed E-state index contributed by atoms with van der Waals surface area (Å²) in [6.07, 6.45) is 2.57. The van der Waals surface area contributed by atoms with E-state index in [0.717, 1.165) is 45.8 Å². The van der Waals surface area contributed by atoms with Crippen LogP contribution in [-0.2, 0) is 20.2 Å². The molecule has 0 fully saturated rings. The molecule has 5 aromatic rings. The number of pyridine rings is 1. The van der Waals surface area contributed by atoms with Crippen LogP contribution >= 0.6 is 0 Å². The van der Waals surface area contributed by atoms with E-state index >= 15 is 0 Å². The minimum atomic E-state index is -4.91. The predicted molar refractivity (Wildman–Crippen MR) is 156 cm³/mol. The average molecular weight is 687 g/mol. The molecule has 0 unspecified atom stereocenters. The predicted octanol–water partition coefficient (Wildman–Crippen LogP) is 1.64. The van der Waals surface area contributed by atoms with Gasteiger partial charge in [0.1, 0.15) is 11.4 Å². The lowest BCUT2D eigenvalue weighted by Crippen LogP contribution is -2.22. The summed E-state index contributed by atoms with van der Waals surface area (Å²) in [4.78, 5) is 36.3. The van der Waals surface area contributed by atoms with Gasteiger partial charge in [-0.2, -0.15) is 16.8 Å². The molecule has 0 saturated heterocycles. The molecule has 21 nitrogen and oxygen atoms in total. The zero-order valence-electron chi connectivity index (χ0n) is 23.4. The maximum absolute atomic E-state index is 12.8. The minimum absolute atomic E-state index is 0.00000665. The Morgan fingerprint density at radius 1 is 0.766 bits per heavy atom. The molecule has 3 heterocycles. The molecule has 23 heteroatoms. The Bertz CT molecular complexity index is 2170. The topological polar surface area (TPSA) is 298 Å². The monoisotopic (exact) mass is 686 g/mol. The van der Waals surface area contributed by atoms with E-state index in [4.69, 9.17) is 0 Å². The first-order valence-electron chi connectivity index (χ1n) is 12.7. The van der Waals surface area contributed by atoms with E-state index in [-0.39, 0.29) is 46.3 Å². The van der Waals surface area contributed by atoms with Gasteiger partial charge in [0, 0.05) is 24.2 Å². The Labute approximate surface area is 262 Å². The highest BCUT2D eigenvalue weighted by atomic mass is 32.2. The fraction of sp³-hybridized carbons (Fsp3) is 0.0833. The lowest BCUT2D eigenvalue weighted by Gasteiger charge is -2.07. The molecule has 0 aliphatic rings. The van der Waals surface area contributed by atoms with Crippen LogP contribution in [0.1, 0.15) is 17.3 Å². The fourth-order valence-electron chi connectivity index (χ4n) is 4.22. The van der Waals surface area contributed by atoms with Gasteiger partial charge in [0.05, 0.1) is 45.0 Å². The largest absolute Gasteiger partial charge is 0.352 e. The third kappa shape index (κ3) is 6.66. The smallest absolute Gasteiger partial charge is 0.301 e. The Morgan fingerprint density at radius 2 is 1.19 bits per heavy atom. The molecule has 0 atom stereocenters. The van der Waals surface area contributed by atoms with E-state index in [2.05, 4.69) is 30.9 Å². The van der Waals surface area contributed by atoms with Crippen LogP contribution in [0.25, 0.3) is 34.2 Å². The van der Waals surface area contributed by atoms with Crippen molar-refractivity contribution in [2.45, 2.75) is 16.7 Å². The molecular weight excluding hydrogens is 668 g/mol. The van der Waals surface area contributed by atoms with Gasteiger partial charge in [-0.3, -0.25) is 34.1 Å². The van der Waals surface area contributed by atoms with Gasteiger partial charge in [-0.1, -0.05) is 10.4 Å². The number of hydrogen-bond acceptors (Lipinski definition) is 14. The zero-order chi connectivity index (χ0) is 34.3. The molecule has 242 valence electrons. The molecule has 3 N–H and O–H groups in total. The summed E-state index contributed by atoms with van der Waals surface area (Å²) in [6.45, 7) is 1.96. The van der Waals surface area contributed by atoms with Crippen molar-refractivity contribution in [3.05, 3.63) is 86.7 Å². The number of carbonyl (C=O) groups is 1.